The van der Waals surface area contributed by atoms with E-state index in [4.69, 9.17) is 11.6 Å². The van der Waals surface area contributed by atoms with Gasteiger partial charge in [-0.3, -0.25) is 4.79 Å². The second-order valence-electron chi connectivity index (χ2n) is 3.25. The normalized spacial score (nSPS) is 13.0. The van der Waals surface area contributed by atoms with Crippen LogP contribution in [0.3, 0.4) is 0 Å². The van der Waals surface area contributed by atoms with Crippen LogP contribution in [-0.4, -0.2) is 4.98 Å². The van der Waals surface area contributed by atoms with Gasteiger partial charge in [-0.15, -0.1) is 11.6 Å². The minimum absolute atomic E-state index is 0.0951. The van der Waals surface area contributed by atoms with Crippen molar-refractivity contribution >= 4 is 22.5 Å². The molecule has 1 atom stereocenters. The highest BCUT2D eigenvalue weighted by Crippen LogP contribution is 2.25. The molecule has 0 fully saturated rings. The topological polar surface area (TPSA) is 32.9 Å². The summed E-state index contributed by atoms with van der Waals surface area (Å²) in [6.07, 6.45) is 0. The predicted octanol–water partition coefficient (Wildman–Crippen LogP) is 2.83. The fourth-order valence-corrected chi connectivity index (χ4v) is 1.72. The van der Waals surface area contributed by atoms with Crippen molar-refractivity contribution < 1.29 is 0 Å². The molecule has 0 aliphatic rings. The summed E-state index contributed by atoms with van der Waals surface area (Å²) >= 11 is 6.01. The van der Waals surface area contributed by atoms with Gasteiger partial charge in [-0.2, -0.15) is 0 Å². The van der Waals surface area contributed by atoms with Crippen LogP contribution >= 0.6 is 11.6 Å². The Morgan fingerprint density at radius 2 is 2.07 bits per heavy atom. The van der Waals surface area contributed by atoms with E-state index < -0.39 is 0 Å². The lowest BCUT2D eigenvalue weighted by Crippen LogP contribution is -2.04. The van der Waals surface area contributed by atoms with E-state index in [-0.39, 0.29) is 10.9 Å². The van der Waals surface area contributed by atoms with Crippen LogP contribution in [0.4, 0.5) is 0 Å². The van der Waals surface area contributed by atoms with E-state index >= 15 is 0 Å². The summed E-state index contributed by atoms with van der Waals surface area (Å²) in [5, 5.41) is 0.909. The average Bonchev–Trinajstić information content (AvgIpc) is 2.16. The maximum absolute atomic E-state index is 11.2. The third-order valence-corrected chi connectivity index (χ3v) is 2.46. The molecule has 0 amide bonds. The Labute approximate surface area is 86.5 Å². The molecule has 1 N–H and O–H groups in total. The Balaban J connectivity index is 2.84. The Hall–Kier alpha value is -1.28. The van der Waals surface area contributed by atoms with Gasteiger partial charge < -0.3 is 4.98 Å². The largest absolute Gasteiger partial charge is 0.322 e. The van der Waals surface area contributed by atoms with Gasteiger partial charge in [0, 0.05) is 6.07 Å². The zero-order chi connectivity index (χ0) is 10.1. The number of hydrogen-bond acceptors (Lipinski definition) is 1. The molecule has 1 aromatic heterocycles. The van der Waals surface area contributed by atoms with Crippen molar-refractivity contribution in [3.63, 3.8) is 0 Å². The third kappa shape index (κ3) is 1.53. The maximum Gasteiger partial charge on any atom is 0.248 e. The summed E-state index contributed by atoms with van der Waals surface area (Å²) in [6.45, 7) is 1.89. The van der Waals surface area contributed by atoms with Crippen molar-refractivity contribution in [2.24, 2.45) is 0 Å². The molecule has 0 aliphatic heterocycles. The van der Waals surface area contributed by atoms with E-state index in [2.05, 4.69) is 4.98 Å². The van der Waals surface area contributed by atoms with Crippen LogP contribution in [0, 0.1) is 0 Å². The van der Waals surface area contributed by atoms with Crippen LogP contribution in [0.15, 0.2) is 35.1 Å². The van der Waals surface area contributed by atoms with Gasteiger partial charge in [0.25, 0.3) is 0 Å². The molecular formula is C11H10ClNO. The smallest absolute Gasteiger partial charge is 0.248 e. The number of fused-ring (bicyclic) bond motifs is 1. The van der Waals surface area contributed by atoms with Gasteiger partial charge in [0.15, 0.2) is 0 Å². The molecule has 0 bridgehead atoms. The molecule has 0 radical (unpaired) electrons. The van der Waals surface area contributed by atoms with E-state index in [9.17, 15) is 4.79 Å². The summed E-state index contributed by atoms with van der Waals surface area (Å²) in [5.74, 6) is 0. The first-order chi connectivity index (χ1) is 6.68. The van der Waals surface area contributed by atoms with E-state index in [1.54, 1.807) is 6.07 Å². The van der Waals surface area contributed by atoms with E-state index in [0.29, 0.717) is 0 Å². The van der Waals surface area contributed by atoms with Gasteiger partial charge in [-0.25, -0.2) is 0 Å². The lowest BCUT2D eigenvalue weighted by molar-refractivity contribution is 1.09. The van der Waals surface area contributed by atoms with Gasteiger partial charge in [-0.05, 0) is 23.9 Å². The van der Waals surface area contributed by atoms with Crippen molar-refractivity contribution in [1.29, 1.82) is 0 Å². The summed E-state index contributed by atoms with van der Waals surface area (Å²) < 4.78 is 0. The number of alkyl halides is 1. The molecule has 0 spiro atoms. The monoisotopic (exact) mass is 207 g/mol. The van der Waals surface area contributed by atoms with Crippen molar-refractivity contribution in [3.8, 4) is 0 Å². The molecule has 72 valence electrons. The Bertz CT molecular complexity index is 516. The predicted molar refractivity (Wildman–Crippen MR) is 58.8 cm³/mol. The minimum Gasteiger partial charge on any atom is -0.322 e. The first-order valence-electron chi connectivity index (χ1n) is 4.44. The number of rotatable bonds is 1. The fourth-order valence-electron chi connectivity index (χ4n) is 1.53. The molecule has 2 nitrogen and oxygen atoms in total. The van der Waals surface area contributed by atoms with Gasteiger partial charge in [0.2, 0.25) is 5.56 Å². The van der Waals surface area contributed by atoms with Crippen molar-refractivity contribution in [1.82, 2.24) is 4.98 Å². The summed E-state index contributed by atoms with van der Waals surface area (Å²) in [6, 6.07) is 9.14. The van der Waals surface area contributed by atoms with Crippen molar-refractivity contribution in [3.05, 3.63) is 46.2 Å². The lowest BCUT2D eigenvalue weighted by Gasteiger charge is -2.07. The number of para-hydroxylation sites is 1. The number of H-pyrrole nitrogens is 1. The van der Waals surface area contributed by atoms with E-state index in [0.717, 1.165) is 16.5 Å². The summed E-state index contributed by atoms with van der Waals surface area (Å²) in [7, 11) is 0. The highest BCUT2D eigenvalue weighted by Gasteiger charge is 2.06. The van der Waals surface area contributed by atoms with Crippen LogP contribution in [0.2, 0.25) is 0 Å². The second-order valence-corrected chi connectivity index (χ2v) is 3.90. The quantitative estimate of drug-likeness (QED) is 0.717. The minimum atomic E-state index is -0.100. The standard InChI is InChI=1S/C11H10ClNO/c1-7(12)9-4-2-3-8-5-6-10(14)13-11(8)9/h2-7H,1H3,(H,13,14). The van der Waals surface area contributed by atoms with Gasteiger partial charge in [-0.1, -0.05) is 18.2 Å². The van der Waals surface area contributed by atoms with Crippen molar-refractivity contribution in [2.45, 2.75) is 12.3 Å². The molecule has 14 heavy (non-hydrogen) atoms. The zero-order valence-electron chi connectivity index (χ0n) is 7.75. The molecule has 2 rings (SSSR count). The number of benzene rings is 1. The molecule has 0 saturated carbocycles. The highest BCUT2D eigenvalue weighted by atomic mass is 35.5. The number of halogens is 1. The number of aromatic amines is 1. The molecule has 0 aliphatic carbocycles. The molecular weight excluding hydrogens is 198 g/mol. The number of pyridine rings is 1. The highest BCUT2D eigenvalue weighted by molar-refractivity contribution is 6.21. The average molecular weight is 208 g/mol. The van der Waals surface area contributed by atoms with Crippen LogP contribution in [0.25, 0.3) is 10.9 Å². The number of aromatic nitrogens is 1. The summed E-state index contributed by atoms with van der Waals surface area (Å²) in [4.78, 5) is 14.0. The van der Waals surface area contributed by atoms with Crippen molar-refractivity contribution in [2.75, 3.05) is 0 Å². The molecule has 1 aromatic carbocycles. The number of nitrogens with one attached hydrogen (secondary N) is 1. The molecule has 3 heteroatoms. The molecule has 0 saturated heterocycles. The summed E-state index contributed by atoms with van der Waals surface area (Å²) in [5.41, 5.74) is 1.70. The van der Waals surface area contributed by atoms with Gasteiger partial charge in [0.1, 0.15) is 0 Å². The fraction of sp³-hybridized carbons (Fsp3) is 0.182. The second kappa shape index (κ2) is 3.46. The van der Waals surface area contributed by atoms with Crippen LogP contribution in [0.5, 0.6) is 0 Å². The number of hydrogen-bond donors (Lipinski definition) is 1. The SMILES string of the molecule is CC(Cl)c1cccc2ccc(=O)[nH]c12. The first-order valence-corrected chi connectivity index (χ1v) is 4.88. The zero-order valence-corrected chi connectivity index (χ0v) is 8.51. The Morgan fingerprint density at radius 1 is 1.29 bits per heavy atom. The molecule has 2 aromatic rings. The Morgan fingerprint density at radius 3 is 2.79 bits per heavy atom. The Kier molecular flexibility index (Phi) is 2.30. The van der Waals surface area contributed by atoms with Gasteiger partial charge in [0.05, 0.1) is 10.9 Å². The molecule has 1 unspecified atom stereocenters. The third-order valence-electron chi connectivity index (χ3n) is 2.22. The lowest BCUT2D eigenvalue weighted by atomic mass is 10.1. The van der Waals surface area contributed by atoms with E-state index in [1.807, 2.05) is 25.1 Å². The maximum atomic E-state index is 11.2. The van der Waals surface area contributed by atoms with E-state index in [1.165, 1.54) is 6.07 Å². The molecule has 1 heterocycles. The van der Waals surface area contributed by atoms with Crippen LogP contribution < -0.4 is 5.56 Å². The van der Waals surface area contributed by atoms with Crippen LogP contribution in [-0.2, 0) is 0 Å². The van der Waals surface area contributed by atoms with Crippen LogP contribution in [0.1, 0.15) is 17.9 Å². The van der Waals surface area contributed by atoms with Gasteiger partial charge >= 0.3 is 0 Å². The first kappa shape index (κ1) is 9.28.